The first-order chi connectivity index (χ1) is 14.1. The van der Waals surface area contributed by atoms with E-state index in [9.17, 15) is 22.8 Å². The SMILES string of the molecule is CCOC(=O)CC(CC(C)C)NC(=O)c1cn(Cc2cccc(C(F)(F)F)c2)nn1. The zero-order chi connectivity index (χ0) is 22.3. The molecule has 10 heteroatoms. The number of alkyl halides is 3. The van der Waals surface area contributed by atoms with Crippen molar-refractivity contribution in [1.29, 1.82) is 0 Å². The maximum atomic E-state index is 12.8. The second-order valence-electron chi connectivity index (χ2n) is 7.31. The Morgan fingerprint density at radius 1 is 1.27 bits per heavy atom. The van der Waals surface area contributed by atoms with Crippen molar-refractivity contribution < 1.29 is 27.5 Å². The Kier molecular flexibility index (Phi) is 7.96. The molecule has 1 aromatic carbocycles. The molecule has 1 unspecified atom stereocenters. The van der Waals surface area contributed by atoms with Crippen molar-refractivity contribution in [1.82, 2.24) is 20.3 Å². The maximum absolute atomic E-state index is 12.8. The molecule has 2 aromatic rings. The van der Waals surface area contributed by atoms with E-state index >= 15 is 0 Å². The largest absolute Gasteiger partial charge is 0.466 e. The molecule has 1 aromatic heterocycles. The Morgan fingerprint density at radius 3 is 2.63 bits per heavy atom. The van der Waals surface area contributed by atoms with Crippen LogP contribution in [0.15, 0.2) is 30.5 Å². The Morgan fingerprint density at radius 2 is 2.00 bits per heavy atom. The van der Waals surface area contributed by atoms with E-state index in [0.29, 0.717) is 12.0 Å². The second kappa shape index (κ2) is 10.2. The third-order valence-corrected chi connectivity index (χ3v) is 4.18. The minimum Gasteiger partial charge on any atom is -0.466 e. The van der Waals surface area contributed by atoms with E-state index < -0.39 is 29.7 Å². The van der Waals surface area contributed by atoms with Crippen molar-refractivity contribution >= 4 is 11.9 Å². The predicted molar refractivity (Wildman–Crippen MR) is 103 cm³/mol. The molecule has 1 atom stereocenters. The van der Waals surface area contributed by atoms with Crippen molar-refractivity contribution in [2.75, 3.05) is 6.61 Å². The average Bonchev–Trinajstić information content (AvgIpc) is 3.09. The van der Waals surface area contributed by atoms with Gasteiger partial charge >= 0.3 is 12.1 Å². The van der Waals surface area contributed by atoms with Gasteiger partial charge in [0.05, 0.1) is 31.3 Å². The van der Waals surface area contributed by atoms with Crippen molar-refractivity contribution in [2.24, 2.45) is 5.92 Å². The first-order valence-electron chi connectivity index (χ1n) is 9.61. The molecular formula is C20H25F3N4O3. The van der Waals surface area contributed by atoms with Crippen LogP contribution in [-0.4, -0.2) is 39.5 Å². The van der Waals surface area contributed by atoms with Crippen LogP contribution in [-0.2, 0) is 22.3 Å². The molecule has 0 spiro atoms. The number of ether oxygens (including phenoxy) is 1. The number of aromatic nitrogens is 3. The summed E-state index contributed by atoms with van der Waals surface area (Å²) >= 11 is 0. The third kappa shape index (κ3) is 7.16. The van der Waals surface area contributed by atoms with Gasteiger partial charge in [-0.25, -0.2) is 4.68 Å². The highest BCUT2D eigenvalue weighted by Crippen LogP contribution is 2.29. The van der Waals surface area contributed by atoms with E-state index in [-0.39, 0.29) is 31.2 Å². The van der Waals surface area contributed by atoms with Crippen LogP contribution in [0.1, 0.15) is 55.2 Å². The number of hydrogen-bond donors (Lipinski definition) is 1. The zero-order valence-corrected chi connectivity index (χ0v) is 17.1. The lowest BCUT2D eigenvalue weighted by Crippen LogP contribution is -2.38. The summed E-state index contributed by atoms with van der Waals surface area (Å²) in [6.45, 7) is 5.93. The quantitative estimate of drug-likeness (QED) is 0.621. The van der Waals surface area contributed by atoms with Crippen LogP contribution >= 0.6 is 0 Å². The van der Waals surface area contributed by atoms with Crippen LogP contribution in [0.3, 0.4) is 0 Å². The third-order valence-electron chi connectivity index (χ3n) is 4.18. The fourth-order valence-electron chi connectivity index (χ4n) is 2.96. The van der Waals surface area contributed by atoms with Crippen LogP contribution in [0.2, 0.25) is 0 Å². The summed E-state index contributed by atoms with van der Waals surface area (Å²) in [4.78, 5) is 24.3. The van der Waals surface area contributed by atoms with Gasteiger partial charge in [-0.2, -0.15) is 13.2 Å². The number of amides is 1. The molecule has 30 heavy (non-hydrogen) atoms. The molecule has 0 saturated carbocycles. The van der Waals surface area contributed by atoms with Crippen LogP contribution in [0.25, 0.3) is 0 Å². The van der Waals surface area contributed by atoms with Gasteiger partial charge in [-0.1, -0.05) is 31.2 Å². The summed E-state index contributed by atoms with van der Waals surface area (Å²) in [5.74, 6) is -0.682. The monoisotopic (exact) mass is 426 g/mol. The minimum absolute atomic E-state index is 0.0135. The number of hydrogen-bond acceptors (Lipinski definition) is 5. The smallest absolute Gasteiger partial charge is 0.416 e. The number of nitrogens with zero attached hydrogens (tertiary/aromatic N) is 3. The summed E-state index contributed by atoms with van der Waals surface area (Å²) in [5.41, 5.74) is -0.366. The molecule has 0 aliphatic carbocycles. The zero-order valence-electron chi connectivity index (χ0n) is 17.1. The van der Waals surface area contributed by atoms with Crippen LogP contribution in [0.5, 0.6) is 0 Å². The van der Waals surface area contributed by atoms with E-state index in [1.54, 1.807) is 6.92 Å². The van der Waals surface area contributed by atoms with E-state index in [0.717, 1.165) is 12.1 Å². The Balaban J connectivity index is 2.05. The van der Waals surface area contributed by atoms with E-state index in [2.05, 4.69) is 15.6 Å². The standard InChI is InChI=1S/C20H25F3N4O3/c1-4-30-18(28)10-16(8-13(2)3)24-19(29)17-12-27(26-25-17)11-14-6-5-7-15(9-14)20(21,22)23/h5-7,9,12-13,16H,4,8,10-11H2,1-3H3,(H,24,29). The van der Waals surface area contributed by atoms with Gasteiger partial charge in [-0.3, -0.25) is 9.59 Å². The van der Waals surface area contributed by atoms with E-state index in [1.165, 1.54) is 23.0 Å². The van der Waals surface area contributed by atoms with E-state index in [1.807, 2.05) is 13.8 Å². The molecule has 0 aliphatic rings. The van der Waals surface area contributed by atoms with E-state index in [4.69, 9.17) is 4.74 Å². The lowest BCUT2D eigenvalue weighted by atomic mass is 10.0. The highest BCUT2D eigenvalue weighted by Gasteiger charge is 2.30. The highest BCUT2D eigenvalue weighted by molar-refractivity contribution is 5.92. The summed E-state index contributed by atoms with van der Waals surface area (Å²) in [7, 11) is 0. The Labute approximate surface area is 172 Å². The number of carbonyl (C=O) groups is 2. The number of halogens is 3. The summed E-state index contributed by atoms with van der Waals surface area (Å²) in [5, 5.41) is 10.4. The van der Waals surface area contributed by atoms with Crippen molar-refractivity contribution in [3.8, 4) is 0 Å². The summed E-state index contributed by atoms with van der Waals surface area (Å²) < 4.78 is 44.8. The number of nitrogens with one attached hydrogen (secondary N) is 1. The molecule has 1 heterocycles. The lowest BCUT2D eigenvalue weighted by molar-refractivity contribution is -0.143. The van der Waals surface area contributed by atoms with Gasteiger partial charge in [0.2, 0.25) is 0 Å². The van der Waals surface area contributed by atoms with Crippen LogP contribution < -0.4 is 5.32 Å². The van der Waals surface area contributed by atoms with Crippen LogP contribution in [0.4, 0.5) is 13.2 Å². The molecule has 0 aliphatic heterocycles. The fraction of sp³-hybridized carbons (Fsp3) is 0.500. The van der Waals surface area contributed by atoms with Crippen molar-refractivity contribution in [2.45, 2.75) is 52.4 Å². The Hall–Kier alpha value is -2.91. The molecule has 164 valence electrons. The average molecular weight is 426 g/mol. The number of benzene rings is 1. The minimum atomic E-state index is -4.44. The van der Waals surface area contributed by atoms with Gasteiger partial charge in [0.1, 0.15) is 0 Å². The first-order valence-corrected chi connectivity index (χ1v) is 9.61. The summed E-state index contributed by atoms with van der Waals surface area (Å²) in [6.07, 6.45) is -2.47. The first kappa shape index (κ1) is 23.4. The fourth-order valence-corrected chi connectivity index (χ4v) is 2.96. The number of carbonyl (C=O) groups excluding carboxylic acids is 2. The number of rotatable bonds is 9. The number of esters is 1. The van der Waals surface area contributed by atoms with Gasteiger partial charge in [0.15, 0.2) is 5.69 Å². The predicted octanol–water partition coefficient (Wildman–Crippen LogP) is 3.44. The normalized spacial score (nSPS) is 12.6. The lowest BCUT2D eigenvalue weighted by Gasteiger charge is -2.19. The topological polar surface area (TPSA) is 86.1 Å². The molecule has 0 bridgehead atoms. The molecule has 0 saturated heterocycles. The second-order valence-corrected chi connectivity index (χ2v) is 7.31. The molecule has 0 radical (unpaired) electrons. The van der Waals surface area contributed by atoms with Gasteiger partial charge in [0, 0.05) is 6.04 Å². The maximum Gasteiger partial charge on any atom is 0.416 e. The van der Waals surface area contributed by atoms with Gasteiger partial charge in [-0.15, -0.1) is 5.10 Å². The molecular weight excluding hydrogens is 401 g/mol. The summed E-state index contributed by atoms with van der Waals surface area (Å²) in [6, 6.07) is 4.44. The molecule has 1 amide bonds. The molecule has 0 fully saturated rings. The van der Waals surface area contributed by atoms with Gasteiger partial charge < -0.3 is 10.1 Å². The Bertz CT molecular complexity index is 865. The van der Waals surface area contributed by atoms with Crippen LogP contribution in [0, 0.1) is 5.92 Å². The molecule has 7 nitrogen and oxygen atoms in total. The molecule has 1 N–H and O–H groups in total. The van der Waals surface area contributed by atoms with Gasteiger partial charge in [0.25, 0.3) is 5.91 Å². The van der Waals surface area contributed by atoms with Gasteiger partial charge in [-0.05, 0) is 37.0 Å². The van der Waals surface area contributed by atoms with Crippen molar-refractivity contribution in [3.05, 3.63) is 47.3 Å². The highest BCUT2D eigenvalue weighted by atomic mass is 19.4. The molecule has 2 rings (SSSR count). The van der Waals surface area contributed by atoms with Crippen molar-refractivity contribution in [3.63, 3.8) is 0 Å².